The molecule has 2 atom stereocenters. The monoisotopic (exact) mass is 255 g/mol. The predicted molar refractivity (Wildman–Crippen MR) is 68.4 cm³/mol. The summed E-state index contributed by atoms with van der Waals surface area (Å²) >= 11 is 0. The molecule has 3 rings (SSSR count). The van der Waals surface area contributed by atoms with Crippen molar-refractivity contribution in [2.45, 2.75) is 56.9 Å². The van der Waals surface area contributed by atoms with Crippen LogP contribution in [0.4, 0.5) is 0 Å². The molecule has 0 radical (unpaired) electrons. The van der Waals surface area contributed by atoms with Crippen molar-refractivity contribution in [3.8, 4) is 0 Å². The van der Waals surface area contributed by atoms with Crippen LogP contribution in [0.3, 0.4) is 0 Å². The van der Waals surface area contributed by atoms with Gasteiger partial charge in [0, 0.05) is 31.5 Å². The van der Waals surface area contributed by atoms with Crippen molar-refractivity contribution in [2.24, 2.45) is 5.92 Å². The van der Waals surface area contributed by atoms with Crippen LogP contribution in [-0.4, -0.2) is 44.3 Å². The summed E-state index contributed by atoms with van der Waals surface area (Å²) in [5.41, 5.74) is 0. The topological polar surface area (TPSA) is 39.7 Å². The van der Waals surface area contributed by atoms with Gasteiger partial charge in [-0.1, -0.05) is 0 Å². The van der Waals surface area contributed by atoms with Crippen LogP contribution in [0.1, 0.15) is 39.0 Å². The van der Waals surface area contributed by atoms with E-state index >= 15 is 0 Å². The number of hydrogen-bond donors (Lipinski definition) is 1. The number of nitrogens with one attached hydrogen (secondary N) is 1. The van der Waals surface area contributed by atoms with Gasteiger partial charge in [0.05, 0.1) is 19.8 Å². The van der Waals surface area contributed by atoms with Gasteiger partial charge in [0.1, 0.15) is 0 Å². The molecule has 2 aliphatic heterocycles. The van der Waals surface area contributed by atoms with E-state index in [1.165, 1.54) is 6.42 Å². The van der Waals surface area contributed by atoms with Gasteiger partial charge < -0.3 is 19.5 Å². The fourth-order valence-electron chi connectivity index (χ4n) is 3.46. The Balaban J connectivity index is 1.44. The minimum Gasteiger partial charge on any atom is -0.381 e. The van der Waals surface area contributed by atoms with Crippen molar-refractivity contribution >= 4 is 0 Å². The van der Waals surface area contributed by atoms with Crippen LogP contribution < -0.4 is 5.32 Å². The van der Waals surface area contributed by atoms with Gasteiger partial charge in [0.25, 0.3) is 0 Å². The SMILES string of the molecule is CC(NC1CCC2(CC1)OCCO2)C1CCOC1. The molecular formula is C14H25NO3. The molecule has 1 saturated carbocycles. The summed E-state index contributed by atoms with van der Waals surface area (Å²) in [7, 11) is 0. The fourth-order valence-corrected chi connectivity index (χ4v) is 3.46. The van der Waals surface area contributed by atoms with Crippen molar-refractivity contribution in [1.82, 2.24) is 5.32 Å². The average molecular weight is 255 g/mol. The van der Waals surface area contributed by atoms with Crippen molar-refractivity contribution in [3.05, 3.63) is 0 Å². The van der Waals surface area contributed by atoms with Gasteiger partial charge in [-0.3, -0.25) is 0 Å². The molecule has 3 fully saturated rings. The van der Waals surface area contributed by atoms with E-state index < -0.39 is 0 Å². The maximum absolute atomic E-state index is 5.76. The van der Waals surface area contributed by atoms with E-state index in [2.05, 4.69) is 12.2 Å². The largest absolute Gasteiger partial charge is 0.381 e. The highest BCUT2D eigenvalue weighted by Gasteiger charge is 2.40. The minimum atomic E-state index is -0.224. The zero-order valence-electron chi connectivity index (χ0n) is 11.3. The third-order valence-electron chi connectivity index (χ3n) is 4.73. The molecule has 104 valence electrons. The Morgan fingerprint density at radius 2 is 1.78 bits per heavy atom. The second-order valence-electron chi connectivity index (χ2n) is 5.96. The molecule has 4 heteroatoms. The average Bonchev–Trinajstić information content (AvgIpc) is 3.04. The van der Waals surface area contributed by atoms with Gasteiger partial charge in [0.2, 0.25) is 0 Å². The molecule has 2 unspecified atom stereocenters. The molecule has 0 aromatic rings. The van der Waals surface area contributed by atoms with Crippen LogP contribution in [0.25, 0.3) is 0 Å². The maximum Gasteiger partial charge on any atom is 0.168 e. The fraction of sp³-hybridized carbons (Fsp3) is 1.00. The van der Waals surface area contributed by atoms with Crippen molar-refractivity contribution in [2.75, 3.05) is 26.4 Å². The summed E-state index contributed by atoms with van der Waals surface area (Å²) in [4.78, 5) is 0. The normalized spacial score (nSPS) is 34.2. The Morgan fingerprint density at radius 3 is 2.39 bits per heavy atom. The highest BCUT2D eigenvalue weighted by molar-refractivity contribution is 4.88. The van der Waals surface area contributed by atoms with Crippen LogP contribution in [-0.2, 0) is 14.2 Å². The van der Waals surface area contributed by atoms with E-state index in [-0.39, 0.29) is 5.79 Å². The van der Waals surface area contributed by atoms with E-state index in [0.717, 1.165) is 52.1 Å². The number of hydrogen-bond acceptors (Lipinski definition) is 4. The molecule has 0 bridgehead atoms. The molecule has 0 aromatic carbocycles. The molecule has 2 heterocycles. The summed E-state index contributed by atoms with van der Waals surface area (Å²) in [5, 5.41) is 3.78. The number of rotatable bonds is 3. The first-order valence-corrected chi connectivity index (χ1v) is 7.39. The van der Waals surface area contributed by atoms with E-state index in [1.807, 2.05) is 0 Å². The lowest BCUT2D eigenvalue weighted by Gasteiger charge is -2.37. The van der Waals surface area contributed by atoms with Crippen LogP contribution in [0.2, 0.25) is 0 Å². The molecule has 3 aliphatic rings. The smallest absolute Gasteiger partial charge is 0.168 e. The van der Waals surface area contributed by atoms with Crippen LogP contribution in [0.5, 0.6) is 0 Å². The van der Waals surface area contributed by atoms with Crippen molar-refractivity contribution in [1.29, 1.82) is 0 Å². The Bertz CT molecular complexity index is 262. The predicted octanol–water partition coefficient (Wildman–Crippen LogP) is 1.69. The highest BCUT2D eigenvalue weighted by atomic mass is 16.7. The first-order chi connectivity index (χ1) is 8.77. The quantitative estimate of drug-likeness (QED) is 0.833. The summed E-state index contributed by atoms with van der Waals surface area (Å²) in [6.07, 6.45) is 5.62. The Labute approximate surface area is 109 Å². The zero-order valence-corrected chi connectivity index (χ0v) is 11.3. The summed E-state index contributed by atoms with van der Waals surface area (Å²) in [5.74, 6) is 0.470. The van der Waals surface area contributed by atoms with Crippen LogP contribution >= 0.6 is 0 Å². The third kappa shape index (κ3) is 2.72. The lowest BCUT2D eigenvalue weighted by molar-refractivity contribution is -0.179. The molecular weight excluding hydrogens is 230 g/mol. The van der Waals surface area contributed by atoms with E-state index in [4.69, 9.17) is 14.2 Å². The lowest BCUT2D eigenvalue weighted by atomic mass is 9.88. The standard InChI is InChI=1S/C14H25NO3/c1-11(12-4-7-16-10-12)15-13-2-5-14(6-3-13)17-8-9-18-14/h11-13,15H,2-10H2,1H3. The second kappa shape index (κ2) is 5.45. The van der Waals surface area contributed by atoms with Gasteiger partial charge >= 0.3 is 0 Å². The summed E-state index contributed by atoms with van der Waals surface area (Å²) < 4.78 is 17.0. The van der Waals surface area contributed by atoms with Gasteiger partial charge in [-0.25, -0.2) is 0 Å². The Kier molecular flexibility index (Phi) is 3.89. The highest BCUT2D eigenvalue weighted by Crippen LogP contribution is 2.36. The second-order valence-corrected chi connectivity index (χ2v) is 5.96. The summed E-state index contributed by atoms with van der Waals surface area (Å²) in [6.45, 7) is 5.71. The Hall–Kier alpha value is -0.160. The van der Waals surface area contributed by atoms with Gasteiger partial charge in [-0.05, 0) is 32.1 Å². The molecule has 1 aliphatic carbocycles. The molecule has 2 saturated heterocycles. The lowest BCUT2D eigenvalue weighted by Crippen LogP contribution is -2.46. The first-order valence-electron chi connectivity index (χ1n) is 7.39. The van der Waals surface area contributed by atoms with E-state index in [1.54, 1.807) is 0 Å². The van der Waals surface area contributed by atoms with Crippen LogP contribution in [0, 0.1) is 5.92 Å². The molecule has 18 heavy (non-hydrogen) atoms. The first kappa shape index (κ1) is 12.9. The Morgan fingerprint density at radius 1 is 1.06 bits per heavy atom. The third-order valence-corrected chi connectivity index (χ3v) is 4.73. The van der Waals surface area contributed by atoms with Crippen molar-refractivity contribution in [3.63, 3.8) is 0 Å². The van der Waals surface area contributed by atoms with Gasteiger partial charge in [-0.2, -0.15) is 0 Å². The zero-order chi connectivity index (χ0) is 12.4. The van der Waals surface area contributed by atoms with E-state index in [9.17, 15) is 0 Å². The van der Waals surface area contributed by atoms with Gasteiger partial charge in [0.15, 0.2) is 5.79 Å². The van der Waals surface area contributed by atoms with Gasteiger partial charge in [-0.15, -0.1) is 0 Å². The number of ether oxygens (including phenoxy) is 3. The van der Waals surface area contributed by atoms with Crippen LogP contribution in [0.15, 0.2) is 0 Å². The molecule has 0 amide bonds. The molecule has 4 nitrogen and oxygen atoms in total. The maximum atomic E-state index is 5.76. The minimum absolute atomic E-state index is 0.224. The van der Waals surface area contributed by atoms with E-state index in [0.29, 0.717) is 18.0 Å². The summed E-state index contributed by atoms with van der Waals surface area (Å²) in [6, 6.07) is 1.19. The molecule has 1 N–H and O–H groups in total. The van der Waals surface area contributed by atoms with Crippen molar-refractivity contribution < 1.29 is 14.2 Å². The molecule has 1 spiro atoms. The molecule has 0 aromatic heterocycles.